The summed E-state index contributed by atoms with van der Waals surface area (Å²) in [5.74, 6) is -1.43. The smallest absolute Gasteiger partial charge is 0.235 e. The van der Waals surface area contributed by atoms with Crippen molar-refractivity contribution in [2.75, 3.05) is 12.3 Å². The SMILES string of the molecule is O=C(CS(=O)(=O)Cc1ccc(Br)cc1)NCC(O)c1ccccc1. The Hall–Kier alpha value is -1.70. The molecule has 1 atom stereocenters. The summed E-state index contributed by atoms with van der Waals surface area (Å²) in [6, 6.07) is 15.7. The zero-order valence-corrected chi connectivity index (χ0v) is 15.3. The Labute approximate surface area is 149 Å². The zero-order valence-electron chi connectivity index (χ0n) is 12.9. The predicted molar refractivity (Wildman–Crippen MR) is 96.0 cm³/mol. The molecule has 0 aliphatic rings. The molecule has 0 fully saturated rings. The molecule has 0 saturated heterocycles. The third-order valence-corrected chi connectivity index (χ3v) is 5.33. The molecule has 0 saturated carbocycles. The number of benzene rings is 2. The van der Waals surface area contributed by atoms with Crippen molar-refractivity contribution in [1.82, 2.24) is 5.32 Å². The van der Waals surface area contributed by atoms with E-state index in [2.05, 4.69) is 21.2 Å². The van der Waals surface area contributed by atoms with Crippen LogP contribution < -0.4 is 5.32 Å². The maximum Gasteiger partial charge on any atom is 0.235 e. The van der Waals surface area contributed by atoms with E-state index in [1.54, 1.807) is 48.5 Å². The minimum atomic E-state index is -3.57. The summed E-state index contributed by atoms with van der Waals surface area (Å²) in [7, 11) is -3.57. The van der Waals surface area contributed by atoms with E-state index < -0.39 is 27.6 Å². The second-order valence-corrected chi connectivity index (χ2v) is 8.37. The molecule has 2 rings (SSSR count). The highest BCUT2D eigenvalue weighted by molar-refractivity contribution is 9.10. The van der Waals surface area contributed by atoms with E-state index in [4.69, 9.17) is 0 Å². The van der Waals surface area contributed by atoms with Gasteiger partial charge in [-0.15, -0.1) is 0 Å². The molecule has 5 nitrogen and oxygen atoms in total. The summed E-state index contributed by atoms with van der Waals surface area (Å²) in [6.45, 7) is -0.0311. The number of sulfone groups is 1. The van der Waals surface area contributed by atoms with Crippen LogP contribution in [0.25, 0.3) is 0 Å². The van der Waals surface area contributed by atoms with Gasteiger partial charge >= 0.3 is 0 Å². The minimum absolute atomic E-state index is 0.0311. The van der Waals surface area contributed by atoms with Gasteiger partial charge in [0.05, 0.1) is 11.9 Å². The average molecular weight is 412 g/mol. The molecule has 0 heterocycles. The van der Waals surface area contributed by atoms with Crippen molar-refractivity contribution in [2.24, 2.45) is 0 Å². The van der Waals surface area contributed by atoms with Crippen LogP contribution in [0.1, 0.15) is 17.2 Å². The lowest BCUT2D eigenvalue weighted by molar-refractivity contribution is -0.119. The number of rotatable bonds is 7. The number of aliphatic hydroxyl groups excluding tert-OH is 1. The molecule has 0 spiro atoms. The number of amides is 1. The summed E-state index contributed by atoms with van der Waals surface area (Å²) < 4.78 is 25.0. The molecule has 7 heteroatoms. The molecular formula is C17H18BrNO4S. The van der Waals surface area contributed by atoms with Crippen molar-refractivity contribution >= 4 is 31.7 Å². The number of nitrogens with one attached hydrogen (secondary N) is 1. The van der Waals surface area contributed by atoms with Crippen molar-refractivity contribution in [3.05, 3.63) is 70.2 Å². The second-order valence-electron chi connectivity index (χ2n) is 5.39. The van der Waals surface area contributed by atoms with Crippen LogP contribution in [0.4, 0.5) is 0 Å². The molecule has 0 radical (unpaired) electrons. The highest BCUT2D eigenvalue weighted by Crippen LogP contribution is 2.13. The van der Waals surface area contributed by atoms with E-state index >= 15 is 0 Å². The topological polar surface area (TPSA) is 83.5 Å². The quantitative estimate of drug-likeness (QED) is 0.731. The second kappa shape index (κ2) is 8.41. The van der Waals surface area contributed by atoms with Crippen LogP contribution in [0.3, 0.4) is 0 Å². The molecule has 0 aromatic heterocycles. The van der Waals surface area contributed by atoms with E-state index in [0.29, 0.717) is 11.1 Å². The number of carbonyl (C=O) groups excluding carboxylic acids is 1. The van der Waals surface area contributed by atoms with Gasteiger partial charge in [0.25, 0.3) is 0 Å². The summed E-state index contributed by atoms with van der Waals surface area (Å²) in [6.07, 6.45) is -0.871. The average Bonchev–Trinajstić information content (AvgIpc) is 2.55. The maximum absolute atomic E-state index is 12.1. The van der Waals surface area contributed by atoms with Crippen molar-refractivity contribution < 1.29 is 18.3 Å². The van der Waals surface area contributed by atoms with Gasteiger partial charge in [0, 0.05) is 11.0 Å². The van der Waals surface area contributed by atoms with Gasteiger partial charge in [-0.05, 0) is 23.3 Å². The van der Waals surface area contributed by atoms with Gasteiger partial charge in [-0.2, -0.15) is 0 Å². The monoisotopic (exact) mass is 411 g/mol. The van der Waals surface area contributed by atoms with Crippen LogP contribution in [-0.2, 0) is 20.4 Å². The molecule has 24 heavy (non-hydrogen) atoms. The minimum Gasteiger partial charge on any atom is -0.387 e. The Kier molecular flexibility index (Phi) is 6.53. The lowest BCUT2D eigenvalue weighted by Gasteiger charge is -2.12. The first-order valence-corrected chi connectivity index (χ1v) is 9.92. The van der Waals surface area contributed by atoms with Crippen molar-refractivity contribution in [3.63, 3.8) is 0 Å². The van der Waals surface area contributed by atoms with Crippen LogP contribution in [0, 0.1) is 0 Å². The van der Waals surface area contributed by atoms with E-state index in [9.17, 15) is 18.3 Å². The van der Waals surface area contributed by atoms with Gasteiger partial charge in [-0.1, -0.05) is 58.4 Å². The lowest BCUT2D eigenvalue weighted by atomic mass is 10.1. The first kappa shape index (κ1) is 18.6. The Balaban J connectivity index is 1.85. The molecule has 2 aromatic carbocycles. The largest absolute Gasteiger partial charge is 0.387 e. The summed E-state index contributed by atoms with van der Waals surface area (Å²) >= 11 is 3.28. The van der Waals surface area contributed by atoms with Crippen LogP contribution in [0.2, 0.25) is 0 Å². The van der Waals surface area contributed by atoms with E-state index in [0.717, 1.165) is 4.47 Å². The Bertz CT molecular complexity index is 776. The standard InChI is InChI=1S/C17H18BrNO4S/c18-15-8-6-13(7-9-15)11-24(22,23)12-17(21)19-10-16(20)14-4-2-1-3-5-14/h1-9,16,20H,10-12H2,(H,19,21). The molecule has 1 unspecified atom stereocenters. The number of aliphatic hydroxyl groups is 1. The first-order chi connectivity index (χ1) is 11.4. The molecule has 0 aliphatic heterocycles. The molecular weight excluding hydrogens is 394 g/mol. The third-order valence-electron chi connectivity index (χ3n) is 3.33. The van der Waals surface area contributed by atoms with Gasteiger partial charge in [-0.3, -0.25) is 4.79 Å². The van der Waals surface area contributed by atoms with Crippen LogP contribution in [0.5, 0.6) is 0 Å². The van der Waals surface area contributed by atoms with E-state index in [-0.39, 0.29) is 12.3 Å². The zero-order chi connectivity index (χ0) is 17.6. The summed E-state index contributed by atoms with van der Waals surface area (Å²) in [5, 5.41) is 12.4. The van der Waals surface area contributed by atoms with E-state index in [1.165, 1.54) is 0 Å². The Morgan fingerprint density at radius 3 is 2.33 bits per heavy atom. The van der Waals surface area contributed by atoms with Crippen LogP contribution in [0.15, 0.2) is 59.1 Å². The predicted octanol–water partition coefficient (Wildman–Crippen LogP) is 2.21. The summed E-state index contributed by atoms with van der Waals surface area (Å²) in [4.78, 5) is 11.8. The fourth-order valence-corrected chi connectivity index (χ4v) is 3.71. The van der Waals surface area contributed by atoms with Gasteiger partial charge in [-0.25, -0.2) is 8.42 Å². The molecule has 0 aliphatic carbocycles. The molecule has 2 aromatic rings. The molecule has 128 valence electrons. The number of hydrogen-bond acceptors (Lipinski definition) is 4. The van der Waals surface area contributed by atoms with Gasteiger partial charge < -0.3 is 10.4 Å². The fraction of sp³-hybridized carbons (Fsp3) is 0.235. The highest BCUT2D eigenvalue weighted by atomic mass is 79.9. The van der Waals surface area contributed by atoms with Crippen LogP contribution >= 0.6 is 15.9 Å². The van der Waals surface area contributed by atoms with Gasteiger partial charge in [0.2, 0.25) is 5.91 Å². The number of carbonyl (C=O) groups is 1. The number of halogens is 1. The van der Waals surface area contributed by atoms with Gasteiger partial charge in [0.15, 0.2) is 9.84 Å². The first-order valence-electron chi connectivity index (χ1n) is 7.30. The molecule has 2 N–H and O–H groups in total. The van der Waals surface area contributed by atoms with Crippen LogP contribution in [-0.4, -0.2) is 31.7 Å². The van der Waals surface area contributed by atoms with Crippen molar-refractivity contribution in [1.29, 1.82) is 0 Å². The normalized spacial score (nSPS) is 12.6. The van der Waals surface area contributed by atoms with Crippen molar-refractivity contribution in [3.8, 4) is 0 Å². The molecule has 0 bridgehead atoms. The maximum atomic E-state index is 12.1. The fourth-order valence-electron chi connectivity index (χ4n) is 2.14. The highest BCUT2D eigenvalue weighted by Gasteiger charge is 2.18. The van der Waals surface area contributed by atoms with E-state index in [1.807, 2.05) is 6.07 Å². The Morgan fingerprint density at radius 2 is 1.71 bits per heavy atom. The summed E-state index contributed by atoms with van der Waals surface area (Å²) in [5.41, 5.74) is 1.28. The Morgan fingerprint density at radius 1 is 1.08 bits per heavy atom. The lowest BCUT2D eigenvalue weighted by Crippen LogP contribution is -2.33. The third kappa shape index (κ3) is 6.07. The molecule has 1 amide bonds. The van der Waals surface area contributed by atoms with Gasteiger partial charge in [0.1, 0.15) is 5.75 Å². The number of hydrogen-bond donors (Lipinski definition) is 2. The van der Waals surface area contributed by atoms with Crippen molar-refractivity contribution in [2.45, 2.75) is 11.9 Å².